The van der Waals surface area contributed by atoms with Crippen LogP contribution in [-0.4, -0.2) is 34.9 Å². The number of unbranched alkanes of at least 4 members (excludes halogenated alkanes) is 3. The van der Waals surface area contributed by atoms with Crippen molar-refractivity contribution in [3.05, 3.63) is 34.0 Å². The van der Waals surface area contributed by atoms with Crippen molar-refractivity contribution in [3.8, 4) is 23.0 Å². The molecule has 0 saturated carbocycles. The van der Waals surface area contributed by atoms with E-state index in [0.717, 1.165) is 31.7 Å². The lowest BCUT2D eigenvalue weighted by atomic mass is 10.1. The molecule has 26 heavy (non-hydrogen) atoms. The summed E-state index contributed by atoms with van der Waals surface area (Å²) in [5, 5.41) is 32.8. The minimum absolute atomic E-state index is 0.0426. The Morgan fingerprint density at radius 3 is 2.42 bits per heavy atom. The molecular weight excluding hydrogens is 338 g/mol. The molecule has 0 aliphatic carbocycles. The Morgan fingerprint density at radius 2 is 1.77 bits per heavy atom. The van der Waals surface area contributed by atoms with Crippen molar-refractivity contribution in [2.45, 2.75) is 32.6 Å². The second-order valence-corrected chi connectivity index (χ2v) is 6.01. The first-order valence-electron chi connectivity index (χ1n) is 8.48. The summed E-state index contributed by atoms with van der Waals surface area (Å²) in [4.78, 5) is 24.5. The predicted molar refractivity (Wildman–Crippen MR) is 98.2 cm³/mol. The highest BCUT2D eigenvalue weighted by Crippen LogP contribution is 2.43. The maximum absolute atomic E-state index is 12.4. The molecule has 0 heterocycles. The summed E-state index contributed by atoms with van der Waals surface area (Å²) < 4.78 is 4.97. The Morgan fingerprint density at radius 1 is 1.04 bits per heavy atom. The van der Waals surface area contributed by atoms with Gasteiger partial charge in [0.05, 0.1) is 12.5 Å². The molecule has 7 heteroatoms. The van der Waals surface area contributed by atoms with Gasteiger partial charge in [-0.3, -0.25) is 9.59 Å². The van der Waals surface area contributed by atoms with Gasteiger partial charge in [-0.1, -0.05) is 26.2 Å². The summed E-state index contributed by atoms with van der Waals surface area (Å²) >= 11 is 0. The van der Waals surface area contributed by atoms with Crippen molar-refractivity contribution in [1.29, 1.82) is 0 Å². The predicted octanol–water partition coefficient (Wildman–Crippen LogP) is 2.64. The number of fused-ring (bicyclic) bond motifs is 1. The molecule has 2 aromatic carbocycles. The van der Waals surface area contributed by atoms with Crippen LogP contribution >= 0.6 is 0 Å². The first-order valence-corrected chi connectivity index (χ1v) is 8.48. The van der Waals surface area contributed by atoms with Crippen LogP contribution < -0.4 is 15.5 Å². The number of carbonyl (C=O) groups excluding carboxylic acids is 1. The van der Waals surface area contributed by atoms with Crippen LogP contribution in [0.25, 0.3) is 10.8 Å². The van der Waals surface area contributed by atoms with Crippen molar-refractivity contribution in [2.75, 3.05) is 13.7 Å². The number of ether oxygens (including phenoxy) is 1. The number of nitrogens with one attached hydrogen (secondary N) is 1. The summed E-state index contributed by atoms with van der Waals surface area (Å²) in [6.45, 7) is 2.57. The van der Waals surface area contributed by atoms with E-state index in [1.165, 1.54) is 19.2 Å². The number of phenolic OH excluding ortho intramolecular Hbond substituents is 2. The van der Waals surface area contributed by atoms with E-state index >= 15 is 0 Å². The lowest BCUT2D eigenvalue weighted by Gasteiger charge is -2.08. The molecule has 0 aromatic heterocycles. The molecule has 2 aromatic rings. The van der Waals surface area contributed by atoms with Crippen LogP contribution in [0, 0.1) is 0 Å². The standard InChI is InChI=1S/C19H23NO6/c1-3-4-5-6-7-20-19(25)12-8-11-10-14(26-2)17(23)18(24)15(11)16(22)13(21)9-12/h8-10,23-24H,3-7H2,1-2H3,(H,20,25)(H,21,22). The van der Waals surface area contributed by atoms with Crippen LogP contribution in [0.3, 0.4) is 0 Å². The largest absolute Gasteiger partial charge is 0.504 e. The molecule has 2 rings (SSSR count). The molecule has 140 valence electrons. The third-order valence-electron chi connectivity index (χ3n) is 4.14. The topological polar surface area (TPSA) is 116 Å². The molecule has 4 N–H and O–H groups in total. The smallest absolute Gasteiger partial charge is 0.251 e. The van der Waals surface area contributed by atoms with Gasteiger partial charge < -0.3 is 25.4 Å². The second-order valence-electron chi connectivity index (χ2n) is 6.01. The van der Waals surface area contributed by atoms with Gasteiger partial charge in [0, 0.05) is 18.2 Å². The molecule has 0 radical (unpaired) electrons. The molecule has 0 atom stereocenters. The third kappa shape index (κ3) is 3.99. The Hall–Kier alpha value is -2.96. The number of rotatable bonds is 7. The van der Waals surface area contributed by atoms with Crippen molar-refractivity contribution in [3.63, 3.8) is 0 Å². The van der Waals surface area contributed by atoms with Gasteiger partial charge in [0.25, 0.3) is 5.91 Å². The molecule has 0 bridgehead atoms. The Labute approximate surface area is 150 Å². The average Bonchev–Trinajstić information content (AvgIpc) is 2.74. The summed E-state index contributed by atoms with van der Waals surface area (Å²) in [7, 11) is 1.30. The second kappa shape index (κ2) is 8.42. The SMILES string of the molecule is CCCCCCNC(=O)c1cc(=O)c(O)c2c(O)c(O)c(OC)cc2c1. The summed E-state index contributed by atoms with van der Waals surface area (Å²) in [6, 6.07) is 3.70. The molecule has 0 aliphatic rings. The average molecular weight is 361 g/mol. The van der Waals surface area contributed by atoms with Crippen LogP contribution in [0.2, 0.25) is 0 Å². The van der Waals surface area contributed by atoms with Gasteiger partial charge in [-0.2, -0.15) is 0 Å². The van der Waals surface area contributed by atoms with Gasteiger partial charge in [0.2, 0.25) is 11.2 Å². The van der Waals surface area contributed by atoms with E-state index in [-0.39, 0.29) is 22.1 Å². The van der Waals surface area contributed by atoms with Gasteiger partial charge in [-0.15, -0.1) is 0 Å². The summed E-state index contributed by atoms with van der Waals surface area (Å²) in [5.74, 6) is -2.53. The fourth-order valence-corrected chi connectivity index (χ4v) is 2.70. The first kappa shape index (κ1) is 19.4. The van der Waals surface area contributed by atoms with E-state index in [2.05, 4.69) is 12.2 Å². The van der Waals surface area contributed by atoms with Crippen LogP contribution in [0.4, 0.5) is 0 Å². The van der Waals surface area contributed by atoms with E-state index in [0.29, 0.717) is 6.54 Å². The lowest BCUT2D eigenvalue weighted by molar-refractivity contribution is 0.0953. The molecule has 0 unspecified atom stereocenters. The Balaban J connectivity index is 2.46. The van der Waals surface area contributed by atoms with Gasteiger partial charge in [-0.05, 0) is 23.9 Å². The number of hydrogen-bond donors (Lipinski definition) is 4. The highest BCUT2D eigenvalue weighted by atomic mass is 16.5. The van der Waals surface area contributed by atoms with E-state index in [9.17, 15) is 24.9 Å². The van der Waals surface area contributed by atoms with Gasteiger partial charge >= 0.3 is 0 Å². The van der Waals surface area contributed by atoms with Gasteiger partial charge in [0.1, 0.15) is 0 Å². The fraction of sp³-hybridized carbons (Fsp3) is 0.368. The molecule has 0 aliphatic heterocycles. The Bertz CT molecular complexity index is 878. The quantitative estimate of drug-likeness (QED) is 0.445. The molecule has 7 nitrogen and oxygen atoms in total. The van der Waals surface area contributed by atoms with Crippen molar-refractivity contribution in [1.82, 2.24) is 5.32 Å². The minimum atomic E-state index is -0.837. The van der Waals surface area contributed by atoms with Crippen LogP contribution in [0.15, 0.2) is 23.0 Å². The van der Waals surface area contributed by atoms with Crippen molar-refractivity contribution < 1.29 is 24.9 Å². The maximum atomic E-state index is 12.4. The number of aromatic hydroxyl groups is 3. The zero-order chi connectivity index (χ0) is 19.3. The van der Waals surface area contributed by atoms with Crippen LogP contribution in [0.1, 0.15) is 43.0 Å². The van der Waals surface area contributed by atoms with Crippen molar-refractivity contribution >= 4 is 16.7 Å². The molecule has 0 saturated heterocycles. The van der Waals surface area contributed by atoms with Crippen LogP contribution in [-0.2, 0) is 0 Å². The number of methoxy groups -OCH3 is 1. The lowest BCUT2D eigenvalue weighted by Crippen LogP contribution is -2.24. The Kier molecular flexibility index (Phi) is 6.27. The van der Waals surface area contributed by atoms with E-state index < -0.39 is 28.6 Å². The molecular formula is C19H23NO6. The number of carbonyl (C=O) groups is 1. The number of hydrogen-bond acceptors (Lipinski definition) is 6. The monoisotopic (exact) mass is 361 g/mol. The van der Waals surface area contributed by atoms with E-state index in [1.54, 1.807) is 0 Å². The zero-order valence-electron chi connectivity index (χ0n) is 14.8. The normalized spacial score (nSPS) is 10.7. The maximum Gasteiger partial charge on any atom is 0.251 e. The highest BCUT2D eigenvalue weighted by molar-refractivity contribution is 6.01. The van der Waals surface area contributed by atoms with Gasteiger partial charge in [-0.25, -0.2) is 0 Å². The number of amides is 1. The minimum Gasteiger partial charge on any atom is -0.504 e. The van der Waals surface area contributed by atoms with Crippen molar-refractivity contribution in [2.24, 2.45) is 0 Å². The first-order chi connectivity index (χ1) is 12.4. The zero-order valence-corrected chi connectivity index (χ0v) is 14.8. The molecule has 0 fully saturated rings. The molecule has 0 spiro atoms. The number of phenols is 2. The highest BCUT2D eigenvalue weighted by Gasteiger charge is 2.18. The van der Waals surface area contributed by atoms with Gasteiger partial charge in [0.15, 0.2) is 17.2 Å². The summed E-state index contributed by atoms with van der Waals surface area (Å²) in [6.07, 6.45) is 4.00. The van der Waals surface area contributed by atoms with Crippen LogP contribution in [0.5, 0.6) is 23.0 Å². The van der Waals surface area contributed by atoms with E-state index in [1.807, 2.05) is 0 Å². The fourth-order valence-electron chi connectivity index (χ4n) is 2.70. The number of benzene rings is 1. The molecule has 1 amide bonds. The summed E-state index contributed by atoms with van der Waals surface area (Å²) in [5.41, 5.74) is -0.793. The van der Waals surface area contributed by atoms with E-state index in [4.69, 9.17) is 4.74 Å². The third-order valence-corrected chi connectivity index (χ3v) is 4.14.